The fourth-order valence-electron chi connectivity index (χ4n) is 6.61. The zero-order chi connectivity index (χ0) is 31.1. The number of benzene rings is 6. The Kier molecular flexibility index (Phi) is 7.69. The van der Waals surface area contributed by atoms with Gasteiger partial charge in [-0.3, -0.25) is 0 Å². The van der Waals surface area contributed by atoms with Crippen LogP contribution in [0.25, 0.3) is 54.6 Å². The van der Waals surface area contributed by atoms with Crippen molar-refractivity contribution in [2.24, 2.45) is 0 Å². The zero-order valence-corrected chi connectivity index (χ0v) is 26.1. The normalized spacial score (nSPS) is 11.3. The Bertz CT molecular complexity index is 1930. The molecule has 0 N–H and O–H groups in total. The van der Waals surface area contributed by atoms with Gasteiger partial charge in [0.1, 0.15) is 0 Å². The van der Waals surface area contributed by atoms with Crippen LogP contribution in [0.5, 0.6) is 0 Å². The van der Waals surface area contributed by atoms with E-state index in [1.807, 2.05) is 62.4 Å². The number of aryl methyl sites for hydroxylation is 4. The maximum absolute atomic E-state index is 12.4. The Morgan fingerprint density at radius 1 is 0.477 bits per heavy atom. The predicted molar refractivity (Wildman–Crippen MR) is 181 cm³/mol. The van der Waals surface area contributed by atoms with Crippen molar-refractivity contribution in [1.29, 1.82) is 0 Å². The summed E-state index contributed by atoms with van der Waals surface area (Å²) in [5.41, 5.74) is 10.1. The summed E-state index contributed by atoms with van der Waals surface area (Å²) in [6.45, 7) is 13.1. The molecule has 6 aromatic rings. The summed E-state index contributed by atoms with van der Waals surface area (Å²) in [6.07, 6.45) is 0. The van der Waals surface area contributed by atoms with Crippen LogP contribution in [0, 0.1) is 27.7 Å². The third kappa shape index (κ3) is 4.81. The van der Waals surface area contributed by atoms with Crippen LogP contribution in [-0.4, -0.2) is 25.2 Å². The lowest BCUT2D eigenvalue weighted by Crippen LogP contribution is -2.05. The van der Waals surface area contributed by atoms with E-state index in [0.717, 1.165) is 33.4 Å². The van der Waals surface area contributed by atoms with Crippen molar-refractivity contribution in [3.8, 4) is 22.3 Å². The summed E-state index contributed by atoms with van der Waals surface area (Å²) in [6, 6.07) is 28.7. The number of ether oxygens (including phenoxy) is 2. The highest BCUT2D eigenvalue weighted by molar-refractivity contribution is 6.13. The van der Waals surface area contributed by atoms with Crippen molar-refractivity contribution in [3.63, 3.8) is 0 Å². The molecule has 0 saturated heterocycles. The summed E-state index contributed by atoms with van der Waals surface area (Å²) < 4.78 is 10.5. The summed E-state index contributed by atoms with van der Waals surface area (Å²) in [7, 11) is 0. The van der Waals surface area contributed by atoms with E-state index in [0.29, 0.717) is 24.3 Å². The smallest absolute Gasteiger partial charge is 0.338 e. The average Bonchev–Trinajstić information content (AvgIpc) is 3.05. The molecule has 0 amide bonds. The van der Waals surface area contributed by atoms with Gasteiger partial charge in [-0.05, 0) is 155 Å². The molecule has 0 radical (unpaired) electrons. The van der Waals surface area contributed by atoms with Gasteiger partial charge in [0.05, 0.1) is 24.3 Å². The molecule has 0 saturated carbocycles. The minimum absolute atomic E-state index is 0.329. The van der Waals surface area contributed by atoms with Crippen LogP contribution in [0.1, 0.15) is 56.8 Å². The maximum atomic E-state index is 12.4. The van der Waals surface area contributed by atoms with Gasteiger partial charge >= 0.3 is 11.9 Å². The lowest BCUT2D eigenvalue weighted by atomic mass is 9.81. The number of esters is 2. The number of carbonyl (C=O) groups excluding carboxylic acids is 2. The van der Waals surface area contributed by atoms with Crippen LogP contribution in [0.3, 0.4) is 0 Å². The van der Waals surface area contributed by atoms with Gasteiger partial charge in [-0.2, -0.15) is 0 Å². The largest absolute Gasteiger partial charge is 0.462 e. The molecule has 0 spiro atoms. The van der Waals surface area contributed by atoms with E-state index in [1.165, 1.54) is 43.4 Å². The molecule has 0 aromatic heterocycles. The van der Waals surface area contributed by atoms with Gasteiger partial charge < -0.3 is 9.47 Å². The van der Waals surface area contributed by atoms with Gasteiger partial charge in [-0.25, -0.2) is 9.59 Å². The summed E-state index contributed by atoms with van der Waals surface area (Å²) in [4.78, 5) is 24.9. The number of fused-ring (bicyclic) bond motifs is 3. The molecule has 0 aliphatic rings. The molecule has 0 aliphatic carbocycles. The molecule has 4 nitrogen and oxygen atoms in total. The number of hydrogen-bond acceptors (Lipinski definition) is 4. The second-order valence-corrected chi connectivity index (χ2v) is 11.3. The van der Waals surface area contributed by atoms with Crippen molar-refractivity contribution in [2.75, 3.05) is 13.2 Å². The van der Waals surface area contributed by atoms with E-state index in [2.05, 4.69) is 64.1 Å². The minimum Gasteiger partial charge on any atom is -0.462 e. The molecule has 220 valence electrons. The predicted octanol–water partition coefficient (Wildman–Crippen LogP) is 10.1. The molecule has 0 unspecified atom stereocenters. The highest BCUT2D eigenvalue weighted by Gasteiger charge is 2.21. The summed E-state index contributed by atoms with van der Waals surface area (Å²) in [5, 5.41) is 7.46. The van der Waals surface area contributed by atoms with E-state index in [4.69, 9.17) is 9.47 Å². The lowest BCUT2D eigenvalue weighted by molar-refractivity contribution is 0.0517. The van der Waals surface area contributed by atoms with Crippen molar-refractivity contribution in [1.82, 2.24) is 0 Å². The quantitative estimate of drug-likeness (QED) is 0.145. The van der Waals surface area contributed by atoms with Crippen molar-refractivity contribution >= 4 is 44.3 Å². The molecule has 0 aliphatic heterocycles. The van der Waals surface area contributed by atoms with E-state index in [-0.39, 0.29) is 11.9 Å². The van der Waals surface area contributed by atoms with Gasteiger partial charge in [-0.15, -0.1) is 0 Å². The van der Waals surface area contributed by atoms with Gasteiger partial charge in [0.15, 0.2) is 0 Å². The summed E-state index contributed by atoms with van der Waals surface area (Å²) in [5.74, 6) is -0.658. The highest BCUT2D eigenvalue weighted by atomic mass is 16.5. The molecule has 6 rings (SSSR count). The molecule has 0 bridgehead atoms. The topological polar surface area (TPSA) is 52.6 Å². The third-order valence-corrected chi connectivity index (χ3v) is 8.88. The minimum atomic E-state index is -0.329. The van der Waals surface area contributed by atoms with E-state index < -0.39 is 0 Å². The molecule has 0 heterocycles. The van der Waals surface area contributed by atoms with Crippen molar-refractivity contribution < 1.29 is 19.1 Å². The van der Waals surface area contributed by atoms with E-state index in [1.54, 1.807) is 0 Å². The molecule has 44 heavy (non-hydrogen) atoms. The fraction of sp³-hybridized carbons (Fsp3) is 0.200. The first-order chi connectivity index (χ1) is 21.2. The number of hydrogen-bond donors (Lipinski definition) is 0. The second kappa shape index (κ2) is 11.6. The fourth-order valence-corrected chi connectivity index (χ4v) is 6.61. The Morgan fingerprint density at radius 3 is 1.16 bits per heavy atom. The van der Waals surface area contributed by atoms with Crippen LogP contribution in [0.4, 0.5) is 0 Å². The molecule has 0 fully saturated rings. The first-order valence-electron chi connectivity index (χ1n) is 15.2. The zero-order valence-electron chi connectivity index (χ0n) is 26.1. The van der Waals surface area contributed by atoms with E-state index in [9.17, 15) is 9.59 Å². The average molecular weight is 581 g/mol. The lowest BCUT2D eigenvalue weighted by Gasteiger charge is -2.22. The van der Waals surface area contributed by atoms with Crippen molar-refractivity contribution in [3.05, 3.63) is 118 Å². The van der Waals surface area contributed by atoms with Crippen LogP contribution in [0.15, 0.2) is 84.9 Å². The first kappa shape index (κ1) is 29.1. The van der Waals surface area contributed by atoms with Gasteiger partial charge in [-0.1, -0.05) is 48.5 Å². The van der Waals surface area contributed by atoms with Gasteiger partial charge in [0.25, 0.3) is 0 Å². The number of carbonyl (C=O) groups is 2. The standard InChI is InChI=1S/C40H36O4/c1-7-43-39(41)29-17-13-27(14-18-29)37-25(5)35-21-33-23(3)31-11-9-10-12-32(31)24(4)34(33)22-36(35)26(6)38(37)28-15-19-30(20-16-28)40(42)44-8-2/h9-22H,7-8H2,1-6H3. The van der Waals surface area contributed by atoms with Crippen molar-refractivity contribution in [2.45, 2.75) is 41.5 Å². The molecule has 6 aromatic carbocycles. The SMILES string of the molecule is CCOC(=O)c1ccc(-c2c(-c3ccc(C(=O)OCC)cc3)c(C)c3cc4c(C)c5ccccc5c(C)c4cc3c2C)cc1. The number of rotatable bonds is 6. The Morgan fingerprint density at radius 2 is 0.818 bits per heavy atom. The second-order valence-electron chi connectivity index (χ2n) is 11.3. The monoisotopic (exact) mass is 580 g/mol. The highest BCUT2D eigenvalue weighted by Crippen LogP contribution is 2.45. The van der Waals surface area contributed by atoms with Crippen LogP contribution < -0.4 is 0 Å². The molecule has 0 atom stereocenters. The molecular weight excluding hydrogens is 544 g/mol. The Hall–Kier alpha value is -4.96. The maximum Gasteiger partial charge on any atom is 0.338 e. The van der Waals surface area contributed by atoms with Gasteiger partial charge in [0, 0.05) is 0 Å². The van der Waals surface area contributed by atoms with Gasteiger partial charge in [0.2, 0.25) is 0 Å². The van der Waals surface area contributed by atoms with Crippen LogP contribution in [-0.2, 0) is 9.47 Å². The first-order valence-corrected chi connectivity index (χ1v) is 15.2. The van der Waals surface area contributed by atoms with E-state index >= 15 is 0 Å². The Balaban J connectivity index is 1.66. The molecule has 4 heteroatoms. The summed E-state index contributed by atoms with van der Waals surface area (Å²) >= 11 is 0. The Labute approximate surface area is 258 Å². The van der Waals surface area contributed by atoms with Crippen LogP contribution >= 0.6 is 0 Å². The third-order valence-electron chi connectivity index (χ3n) is 8.88. The van der Waals surface area contributed by atoms with Crippen LogP contribution in [0.2, 0.25) is 0 Å². The molecular formula is C40H36O4.